The standard InChI is InChI=1S/C12H15FINO3/c1-2-17-12(16)11(15)9-7-8(18-6-5-13)3-4-10(9)14/h3-4,7,11H,2,5-6,15H2,1H3. The van der Waals surface area contributed by atoms with Gasteiger partial charge in [0.05, 0.1) is 6.61 Å². The van der Waals surface area contributed by atoms with Crippen LogP contribution < -0.4 is 10.5 Å². The van der Waals surface area contributed by atoms with Gasteiger partial charge in [0.2, 0.25) is 0 Å². The molecule has 0 amide bonds. The minimum Gasteiger partial charge on any atom is -0.491 e. The van der Waals surface area contributed by atoms with Crippen LogP contribution in [0.3, 0.4) is 0 Å². The van der Waals surface area contributed by atoms with Crippen molar-refractivity contribution >= 4 is 28.6 Å². The van der Waals surface area contributed by atoms with Gasteiger partial charge in [-0.25, -0.2) is 9.18 Å². The van der Waals surface area contributed by atoms with E-state index in [1.165, 1.54) is 0 Å². The van der Waals surface area contributed by atoms with Crippen molar-refractivity contribution in [3.8, 4) is 5.75 Å². The summed E-state index contributed by atoms with van der Waals surface area (Å²) in [5, 5.41) is 0. The quantitative estimate of drug-likeness (QED) is 0.619. The van der Waals surface area contributed by atoms with E-state index in [9.17, 15) is 9.18 Å². The van der Waals surface area contributed by atoms with Gasteiger partial charge in [0.1, 0.15) is 25.1 Å². The van der Waals surface area contributed by atoms with E-state index in [4.69, 9.17) is 15.2 Å². The molecular weight excluding hydrogens is 352 g/mol. The molecule has 6 heteroatoms. The van der Waals surface area contributed by atoms with Crippen LogP contribution in [0.5, 0.6) is 5.75 Å². The zero-order valence-electron chi connectivity index (χ0n) is 9.99. The number of halogens is 2. The maximum absolute atomic E-state index is 12.0. The minimum absolute atomic E-state index is 0.0192. The first kappa shape index (κ1) is 15.2. The maximum atomic E-state index is 12.0. The molecule has 0 radical (unpaired) electrons. The van der Waals surface area contributed by atoms with Gasteiger partial charge in [0.15, 0.2) is 0 Å². The van der Waals surface area contributed by atoms with Crippen molar-refractivity contribution in [2.24, 2.45) is 5.73 Å². The zero-order chi connectivity index (χ0) is 13.5. The summed E-state index contributed by atoms with van der Waals surface area (Å²) < 4.78 is 22.9. The maximum Gasteiger partial charge on any atom is 0.327 e. The fraction of sp³-hybridized carbons (Fsp3) is 0.417. The first-order chi connectivity index (χ1) is 8.60. The third-order valence-electron chi connectivity index (χ3n) is 2.19. The third-order valence-corrected chi connectivity index (χ3v) is 3.17. The Hall–Kier alpha value is -0.890. The molecule has 0 bridgehead atoms. The lowest BCUT2D eigenvalue weighted by Gasteiger charge is -2.14. The van der Waals surface area contributed by atoms with Crippen molar-refractivity contribution in [3.63, 3.8) is 0 Å². The molecule has 0 aliphatic heterocycles. The second kappa shape index (κ2) is 7.52. The van der Waals surface area contributed by atoms with E-state index in [1.54, 1.807) is 25.1 Å². The van der Waals surface area contributed by atoms with Gasteiger partial charge in [0, 0.05) is 3.57 Å². The Labute approximate surface area is 119 Å². The molecule has 0 saturated carbocycles. The Morgan fingerprint density at radius 1 is 1.56 bits per heavy atom. The largest absolute Gasteiger partial charge is 0.491 e. The highest BCUT2D eigenvalue weighted by Crippen LogP contribution is 2.24. The van der Waals surface area contributed by atoms with Crippen molar-refractivity contribution in [1.82, 2.24) is 0 Å². The Morgan fingerprint density at radius 2 is 2.28 bits per heavy atom. The van der Waals surface area contributed by atoms with Crippen LogP contribution in [0.4, 0.5) is 4.39 Å². The van der Waals surface area contributed by atoms with Crippen LogP contribution in [0, 0.1) is 3.57 Å². The van der Waals surface area contributed by atoms with Crippen LogP contribution >= 0.6 is 22.6 Å². The van der Waals surface area contributed by atoms with E-state index in [0.717, 1.165) is 3.57 Å². The molecular formula is C12H15FINO3. The number of benzene rings is 1. The van der Waals surface area contributed by atoms with Gasteiger partial charge in [-0.1, -0.05) is 0 Å². The van der Waals surface area contributed by atoms with Crippen molar-refractivity contribution in [2.45, 2.75) is 13.0 Å². The Balaban J connectivity index is 2.88. The summed E-state index contributed by atoms with van der Waals surface area (Å²) in [7, 11) is 0. The molecule has 0 fully saturated rings. The molecule has 100 valence electrons. The van der Waals surface area contributed by atoms with E-state index in [0.29, 0.717) is 11.3 Å². The van der Waals surface area contributed by atoms with Crippen molar-refractivity contribution in [1.29, 1.82) is 0 Å². The molecule has 1 aromatic carbocycles. The number of hydrogen-bond acceptors (Lipinski definition) is 4. The smallest absolute Gasteiger partial charge is 0.327 e. The van der Waals surface area contributed by atoms with Crippen LogP contribution in [0.2, 0.25) is 0 Å². The summed E-state index contributed by atoms with van der Waals surface area (Å²) in [5.41, 5.74) is 6.43. The van der Waals surface area contributed by atoms with Gasteiger partial charge in [0.25, 0.3) is 0 Å². The number of carbonyl (C=O) groups excluding carboxylic acids is 1. The minimum atomic E-state index is -0.856. The zero-order valence-corrected chi connectivity index (χ0v) is 12.1. The molecule has 1 aromatic rings. The van der Waals surface area contributed by atoms with Gasteiger partial charge >= 0.3 is 5.97 Å². The highest BCUT2D eigenvalue weighted by atomic mass is 127. The predicted molar refractivity (Wildman–Crippen MR) is 74.2 cm³/mol. The summed E-state index contributed by atoms with van der Waals surface area (Å²) in [6.07, 6.45) is 0. The number of ether oxygens (including phenoxy) is 2. The second-order valence-corrected chi connectivity index (χ2v) is 4.61. The van der Waals surface area contributed by atoms with E-state index >= 15 is 0 Å². The molecule has 0 aliphatic carbocycles. The first-order valence-corrected chi connectivity index (χ1v) is 6.58. The molecule has 2 N–H and O–H groups in total. The SMILES string of the molecule is CCOC(=O)C(N)c1cc(OCCF)ccc1I. The van der Waals surface area contributed by atoms with Crippen molar-refractivity contribution < 1.29 is 18.7 Å². The Kier molecular flexibility index (Phi) is 6.34. The Morgan fingerprint density at radius 3 is 2.89 bits per heavy atom. The van der Waals surface area contributed by atoms with E-state index in [-0.39, 0.29) is 13.2 Å². The number of hydrogen-bond donors (Lipinski definition) is 1. The van der Waals surface area contributed by atoms with Crippen LogP contribution in [-0.4, -0.2) is 25.9 Å². The average molecular weight is 367 g/mol. The average Bonchev–Trinajstić information content (AvgIpc) is 2.37. The van der Waals surface area contributed by atoms with Crippen LogP contribution in [0.25, 0.3) is 0 Å². The van der Waals surface area contributed by atoms with Crippen LogP contribution in [-0.2, 0) is 9.53 Å². The predicted octanol–water partition coefficient (Wildman–Crippen LogP) is 2.20. The number of esters is 1. The summed E-state index contributed by atoms with van der Waals surface area (Å²) >= 11 is 2.07. The highest BCUT2D eigenvalue weighted by Gasteiger charge is 2.20. The lowest BCUT2D eigenvalue weighted by atomic mass is 10.1. The third kappa shape index (κ3) is 4.09. The number of alkyl halides is 1. The molecule has 1 rings (SSSR count). The monoisotopic (exact) mass is 367 g/mol. The van der Waals surface area contributed by atoms with Gasteiger partial charge < -0.3 is 15.2 Å². The summed E-state index contributed by atoms with van der Waals surface area (Å²) in [5.74, 6) is 0.000807. The summed E-state index contributed by atoms with van der Waals surface area (Å²) in [6.45, 7) is 1.41. The Bertz CT molecular complexity index is 414. The molecule has 1 unspecified atom stereocenters. The number of carbonyl (C=O) groups is 1. The summed E-state index contributed by atoms with van der Waals surface area (Å²) in [4.78, 5) is 11.6. The lowest BCUT2D eigenvalue weighted by molar-refractivity contribution is -0.144. The first-order valence-electron chi connectivity index (χ1n) is 5.50. The van der Waals surface area contributed by atoms with Crippen LogP contribution in [0.15, 0.2) is 18.2 Å². The van der Waals surface area contributed by atoms with Gasteiger partial charge in [-0.2, -0.15) is 0 Å². The normalized spacial score (nSPS) is 12.0. The molecule has 4 nitrogen and oxygen atoms in total. The van der Waals surface area contributed by atoms with Gasteiger partial charge in [-0.3, -0.25) is 0 Å². The molecule has 0 spiro atoms. The van der Waals surface area contributed by atoms with E-state index in [1.807, 2.05) is 0 Å². The fourth-order valence-corrected chi connectivity index (χ4v) is 2.04. The van der Waals surface area contributed by atoms with Gasteiger partial charge in [-0.05, 0) is 53.3 Å². The highest BCUT2D eigenvalue weighted by molar-refractivity contribution is 14.1. The molecule has 18 heavy (non-hydrogen) atoms. The number of rotatable bonds is 6. The lowest BCUT2D eigenvalue weighted by Crippen LogP contribution is -2.24. The van der Waals surface area contributed by atoms with Crippen molar-refractivity contribution in [2.75, 3.05) is 19.9 Å². The summed E-state index contributed by atoms with van der Waals surface area (Å²) in [6, 6.07) is 4.26. The van der Waals surface area contributed by atoms with Crippen molar-refractivity contribution in [3.05, 3.63) is 27.3 Å². The molecule has 0 aliphatic rings. The van der Waals surface area contributed by atoms with E-state index in [2.05, 4.69) is 22.6 Å². The number of nitrogens with two attached hydrogens (primary N) is 1. The fourth-order valence-electron chi connectivity index (χ4n) is 1.37. The second-order valence-electron chi connectivity index (χ2n) is 3.45. The molecule has 0 aromatic heterocycles. The van der Waals surface area contributed by atoms with Gasteiger partial charge in [-0.15, -0.1) is 0 Å². The molecule has 1 atom stereocenters. The molecule has 0 saturated heterocycles. The topological polar surface area (TPSA) is 61.5 Å². The van der Waals surface area contributed by atoms with Crippen LogP contribution in [0.1, 0.15) is 18.5 Å². The molecule has 0 heterocycles. The van der Waals surface area contributed by atoms with E-state index < -0.39 is 18.7 Å².